The van der Waals surface area contributed by atoms with Crippen molar-refractivity contribution in [1.82, 2.24) is 4.98 Å². The molecule has 7 heteroatoms. The standard InChI is InChI=1S/C13H13ClF2N2OS/c1-7(11-6-20-8(2)18-11)17-9-3-4-12(10(14)5-9)19-13(15)16/h3-7,13,17H,1-2H3. The molecular formula is C13H13ClF2N2OS. The van der Waals surface area contributed by atoms with Gasteiger partial charge in [-0.05, 0) is 32.0 Å². The number of aryl methyl sites for hydroxylation is 1. The third kappa shape index (κ3) is 3.80. The summed E-state index contributed by atoms with van der Waals surface area (Å²) in [6.07, 6.45) is 0. The molecule has 0 saturated carbocycles. The Hall–Kier alpha value is -1.40. The van der Waals surface area contributed by atoms with Crippen molar-refractivity contribution in [3.05, 3.63) is 39.3 Å². The SMILES string of the molecule is Cc1nc(C(C)Nc2ccc(OC(F)F)c(Cl)c2)cs1. The van der Waals surface area contributed by atoms with Crippen molar-refractivity contribution in [1.29, 1.82) is 0 Å². The molecule has 2 aromatic rings. The van der Waals surface area contributed by atoms with Gasteiger partial charge in [-0.15, -0.1) is 11.3 Å². The monoisotopic (exact) mass is 318 g/mol. The Morgan fingerprint density at radius 3 is 2.70 bits per heavy atom. The lowest BCUT2D eigenvalue weighted by Gasteiger charge is -2.14. The number of rotatable bonds is 5. The molecule has 0 fully saturated rings. The van der Waals surface area contributed by atoms with E-state index in [1.165, 1.54) is 6.07 Å². The van der Waals surface area contributed by atoms with E-state index in [1.54, 1.807) is 23.5 Å². The molecule has 0 spiro atoms. The predicted molar refractivity (Wildman–Crippen MR) is 77.0 cm³/mol. The number of anilines is 1. The van der Waals surface area contributed by atoms with Gasteiger partial charge in [0, 0.05) is 11.1 Å². The number of hydrogen-bond donors (Lipinski definition) is 1. The molecule has 1 N–H and O–H groups in total. The highest BCUT2D eigenvalue weighted by Crippen LogP contribution is 2.30. The van der Waals surface area contributed by atoms with Crippen molar-refractivity contribution in [2.45, 2.75) is 26.5 Å². The number of nitrogens with zero attached hydrogens (tertiary/aromatic N) is 1. The summed E-state index contributed by atoms with van der Waals surface area (Å²) in [5, 5.41) is 6.31. The second kappa shape index (κ2) is 6.37. The second-order valence-corrected chi connectivity index (χ2v) is 5.65. The molecule has 1 atom stereocenters. The van der Waals surface area contributed by atoms with Crippen LogP contribution in [0.25, 0.3) is 0 Å². The minimum absolute atomic E-state index is 0.00196. The number of hydrogen-bond acceptors (Lipinski definition) is 4. The summed E-state index contributed by atoms with van der Waals surface area (Å²) in [6, 6.07) is 4.60. The molecule has 0 amide bonds. The minimum atomic E-state index is -2.89. The zero-order chi connectivity index (χ0) is 14.7. The summed E-state index contributed by atoms with van der Waals surface area (Å²) < 4.78 is 28.6. The van der Waals surface area contributed by atoms with Gasteiger partial charge in [0.2, 0.25) is 0 Å². The molecule has 0 aliphatic rings. The molecule has 0 aliphatic heterocycles. The fourth-order valence-electron chi connectivity index (χ4n) is 1.69. The molecule has 2 rings (SSSR count). The van der Waals surface area contributed by atoms with Crippen LogP contribution >= 0.6 is 22.9 Å². The van der Waals surface area contributed by atoms with E-state index in [0.29, 0.717) is 0 Å². The first-order chi connectivity index (χ1) is 9.45. The van der Waals surface area contributed by atoms with Gasteiger partial charge in [0.25, 0.3) is 0 Å². The molecule has 0 aliphatic carbocycles. The number of ether oxygens (including phenoxy) is 1. The number of alkyl halides is 2. The summed E-state index contributed by atoms with van der Waals surface area (Å²) in [7, 11) is 0. The van der Waals surface area contributed by atoms with E-state index in [2.05, 4.69) is 15.0 Å². The van der Waals surface area contributed by atoms with Gasteiger partial charge >= 0.3 is 6.61 Å². The van der Waals surface area contributed by atoms with Crippen molar-refractivity contribution in [3.63, 3.8) is 0 Å². The number of nitrogens with one attached hydrogen (secondary N) is 1. The molecule has 1 aromatic carbocycles. The van der Waals surface area contributed by atoms with Crippen molar-refractivity contribution in [2.75, 3.05) is 5.32 Å². The Balaban J connectivity index is 2.08. The Labute approximate surface area is 124 Å². The Morgan fingerprint density at radius 1 is 1.40 bits per heavy atom. The fourth-order valence-corrected chi connectivity index (χ4v) is 2.62. The minimum Gasteiger partial charge on any atom is -0.433 e. The zero-order valence-electron chi connectivity index (χ0n) is 10.9. The average Bonchev–Trinajstić information content (AvgIpc) is 2.79. The first kappa shape index (κ1) is 15.0. The Kier molecular flexibility index (Phi) is 4.77. The highest BCUT2D eigenvalue weighted by molar-refractivity contribution is 7.09. The third-order valence-electron chi connectivity index (χ3n) is 2.61. The van der Waals surface area contributed by atoms with Crippen LogP contribution in [0.4, 0.5) is 14.5 Å². The van der Waals surface area contributed by atoms with Crippen LogP contribution in [0.2, 0.25) is 5.02 Å². The third-order valence-corrected chi connectivity index (χ3v) is 3.70. The maximum absolute atomic E-state index is 12.1. The maximum Gasteiger partial charge on any atom is 0.387 e. The lowest BCUT2D eigenvalue weighted by Crippen LogP contribution is -2.07. The average molecular weight is 319 g/mol. The van der Waals surface area contributed by atoms with Crippen molar-refractivity contribution in [2.24, 2.45) is 0 Å². The van der Waals surface area contributed by atoms with Crippen molar-refractivity contribution >= 4 is 28.6 Å². The molecule has 1 unspecified atom stereocenters. The maximum atomic E-state index is 12.1. The smallest absolute Gasteiger partial charge is 0.387 e. The zero-order valence-corrected chi connectivity index (χ0v) is 12.4. The largest absolute Gasteiger partial charge is 0.433 e. The second-order valence-electron chi connectivity index (χ2n) is 4.18. The summed E-state index contributed by atoms with van der Waals surface area (Å²) in [5.41, 5.74) is 1.64. The topological polar surface area (TPSA) is 34.2 Å². The van der Waals surface area contributed by atoms with Crippen LogP contribution in [-0.4, -0.2) is 11.6 Å². The van der Waals surface area contributed by atoms with E-state index in [1.807, 2.05) is 19.2 Å². The number of aromatic nitrogens is 1. The summed E-state index contributed by atoms with van der Waals surface area (Å²) in [5.74, 6) is -0.0376. The summed E-state index contributed by atoms with van der Waals surface area (Å²) in [6.45, 7) is 1.02. The van der Waals surface area contributed by atoms with Crippen LogP contribution in [0.3, 0.4) is 0 Å². The summed E-state index contributed by atoms with van der Waals surface area (Å²) in [4.78, 5) is 4.39. The molecule has 20 heavy (non-hydrogen) atoms. The molecule has 1 aromatic heterocycles. The van der Waals surface area contributed by atoms with Gasteiger partial charge in [-0.3, -0.25) is 0 Å². The van der Waals surface area contributed by atoms with E-state index in [4.69, 9.17) is 11.6 Å². The molecule has 0 saturated heterocycles. The first-order valence-electron chi connectivity index (χ1n) is 5.88. The Bertz CT molecular complexity index is 592. The molecular weight excluding hydrogens is 306 g/mol. The van der Waals surface area contributed by atoms with Crippen LogP contribution < -0.4 is 10.1 Å². The lowest BCUT2D eigenvalue weighted by molar-refractivity contribution is -0.0497. The number of halogens is 3. The van der Waals surface area contributed by atoms with Gasteiger partial charge < -0.3 is 10.1 Å². The molecule has 0 bridgehead atoms. The highest BCUT2D eigenvalue weighted by atomic mass is 35.5. The van der Waals surface area contributed by atoms with Gasteiger partial charge in [-0.1, -0.05) is 11.6 Å². The van der Waals surface area contributed by atoms with E-state index < -0.39 is 6.61 Å². The number of thiazole rings is 1. The quantitative estimate of drug-likeness (QED) is 0.853. The van der Waals surface area contributed by atoms with Crippen LogP contribution in [0, 0.1) is 6.92 Å². The van der Waals surface area contributed by atoms with Gasteiger partial charge in [0.05, 0.1) is 21.8 Å². The number of benzene rings is 1. The van der Waals surface area contributed by atoms with Gasteiger partial charge in [0.1, 0.15) is 5.75 Å². The van der Waals surface area contributed by atoms with E-state index in [-0.39, 0.29) is 16.8 Å². The molecule has 3 nitrogen and oxygen atoms in total. The summed E-state index contributed by atoms with van der Waals surface area (Å²) >= 11 is 7.47. The van der Waals surface area contributed by atoms with Crippen LogP contribution in [0.1, 0.15) is 23.7 Å². The van der Waals surface area contributed by atoms with E-state index >= 15 is 0 Å². The molecule has 1 heterocycles. The van der Waals surface area contributed by atoms with E-state index in [9.17, 15) is 8.78 Å². The normalized spacial score (nSPS) is 12.5. The van der Waals surface area contributed by atoms with Crippen LogP contribution in [0.15, 0.2) is 23.6 Å². The van der Waals surface area contributed by atoms with Crippen LogP contribution in [0.5, 0.6) is 5.75 Å². The Morgan fingerprint density at radius 2 is 2.15 bits per heavy atom. The molecule has 0 radical (unpaired) electrons. The van der Waals surface area contributed by atoms with Crippen molar-refractivity contribution < 1.29 is 13.5 Å². The van der Waals surface area contributed by atoms with Gasteiger partial charge in [-0.2, -0.15) is 8.78 Å². The fraction of sp³-hybridized carbons (Fsp3) is 0.308. The van der Waals surface area contributed by atoms with E-state index in [0.717, 1.165) is 16.4 Å². The first-order valence-corrected chi connectivity index (χ1v) is 7.14. The lowest BCUT2D eigenvalue weighted by atomic mass is 10.2. The highest BCUT2D eigenvalue weighted by Gasteiger charge is 2.12. The van der Waals surface area contributed by atoms with Crippen molar-refractivity contribution in [3.8, 4) is 5.75 Å². The van der Waals surface area contributed by atoms with Gasteiger partial charge in [0.15, 0.2) is 0 Å². The van der Waals surface area contributed by atoms with Gasteiger partial charge in [-0.25, -0.2) is 4.98 Å². The predicted octanol–water partition coefficient (Wildman–Crippen LogP) is 4.88. The molecule has 108 valence electrons. The van der Waals surface area contributed by atoms with Crippen LogP contribution in [-0.2, 0) is 0 Å².